The van der Waals surface area contributed by atoms with Crippen molar-refractivity contribution in [1.82, 2.24) is 0 Å². The van der Waals surface area contributed by atoms with Crippen molar-refractivity contribution in [2.75, 3.05) is 5.73 Å². The van der Waals surface area contributed by atoms with E-state index in [-0.39, 0.29) is 10.9 Å². The number of nitrogen functional groups attached to an aromatic ring is 1. The Labute approximate surface area is 130 Å². The molecule has 0 saturated carbocycles. The quantitative estimate of drug-likeness (QED) is 0.445. The van der Waals surface area contributed by atoms with Crippen LogP contribution in [0.1, 0.15) is 0 Å². The summed E-state index contributed by atoms with van der Waals surface area (Å²) in [6.07, 6.45) is 0. The summed E-state index contributed by atoms with van der Waals surface area (Å²) in [5.41, 5.74) is 6.37. The van der Waals surface area contributed by atoms with Gasteiger partial charge in [0.1, 0.15) is 0 Å². The van der Waals surface area contributed by atoms with Gasteiger partial charge in [-0.05, 0) is 45.8 Å². The second-order valence-electron chi connectivity index (χ2n) is 5.95. The predicted octanol–water partition coefficient (Wildman–Crippen LogP) is 3.48. The Hall–Kier alpha value is -3.20. The van der Waals surface area contributed by atoms with Gasteiger partial charge >= 0.3 is 0 Å². The molecule has 0 radical (unpaired) electrons. The van der Waals surface area contributed by atoms with E-state index in [1.54, 1.807) is 12.1 Å². The van der Waals surface area contributed by atoms with Crippen LogP contribution in [0.4, 0.5) is 5.69 Å². The maximum atomic E-state index is 12.7. The van der Waals surface area contributed by atoms with Crippen LogP contribution in [0, 0.1) is 0 Å². The van der Waals surface area contributed by atoms with Crippen LogP contribution in [0.2, 0.25) is 0 Å². The molecule has 0 aliphatic carbocycles. The summed E-state index contributed by atoms with van der Waals surface area (Å²) in [5, 5.41) is 6.06. The van der Waals surface area contributed by atoms with E-state index >= 15 is 0 Å². The van der Waals surface area contributed by atoms with Crippen LogP contribution in [-0.4, -0.2) is 0 Å². The highest BCUT2D eigenvalue weighted by atomic mass is 16.1. The summed E-state index contributed by atoms with van der Waals surface area (Å²) in [6.45, 7) is 0. The third-order valence-electron chi connectivity index (χ3n) is 4.69. The number of fused-ring (bicyclic) bond motifs is 6. The molecule has 0 saturated heterocycles. The summed E-state index contributed by atoms with van der Waals surface area (Å²) in [4.78, 5) is 25.3. The molecule has 23 heavy (non-hydrogen) atoms. The molecule has 0 bridgehead atoms. The minimum absolute atomic E-state index is 0.0229. The molecule has 3 nitrogen and oxygen atoms in total. The van der Waals surface area contributed by atoms with E-state index < -0.39 is 0 Å². The number of nitrogens with two attached hydrogens (primary N) is 1. The summed E-state index contributed by atoms with van der Waals surface area (Å²) in [6, 6.07) is 16.6. The Morgan fingerprint density at radius 1 is 0.522 bits per heavy atom. The molecule has 0 amide bonds. The zero-order valence-corrected chi connectivity index (χ0v) is 12.1. The minimum Gasteiger partial charge on any atom is -0.399 e. The zero-order chi connectivity index (χ0) is 15.7. The average Bonchev–Trinajstić information content (AvgIpc) is 3.00. The lowest BCUT2D eigenvalue weighted by Crippen LogP contribution is -1.95. The normalized spacial score (nSPS) is 12.0. The fourth-order valence-corrected chi connectivity index (χ4v) is 3.61. The topological polar surface area (TPSA) is 60.2 Å². The van der Waals surface area contributed by atoms with Gasteiger partial charge in [0, 0.05) is 27.2 Å². The smallest absolute Gasteiger partial charge is 0.194 e. The van der Waals surface area contributed by atoms with Gasteiger partial charge in [-0.15, -0.1) is 0 Å². The molecule has 5 rings (SSSR count). The van der Waals surface area contributed by atoms with E-state index in [0.717, 1.165) is 21.5 Å². The minimum atomic E-state index is -0.0260. The Bertz CT molecular complexity index is 1360. The van der Waals surface area contributed by atoms with Crippen molar-refractivity contribution in [2.45, 2.75) is 0 Å². The van der Waals surface area contributed by atoms with Gasteiger partial charge in [-0.1, -0.05) is 30.3 Å². The first kappa shape index (κ1) is 12.4. The van der Waals surface area contributed by atoms with Crippen LogP contribution in [-0.2, 0) is 0 Å². The lowest BCUT2D eigenvalue weighted by atomic mass is 10.1. The fraction of sp³-hybridized carbons (Fsp3) is 0. The van der Waals surface area contributed by atoms with E-state index in [4.69, 9.17) is 5.73 Å². The molecule has 2 N–H and O–H groups in total. The number of hydrogen-bond donors (Lipinski definition) is 1. The predicted molar refractivity (Wildman–Crippen MR) is 95.8 cm³/mol. The van der Waals surface area contributed by atoms with Crippen LogP contribution in [0.25, 0.3) is 43.1 Å². The molecule has 0 spiro atoms. The van der Waals surface area contributed by atoms with Gasteiger partial charge in [0.2, 0.25) is 0 Å². The molecule has 108 valence electrons. The Balaban J connectivity index is 2.12. The van der Waals surface area contributed by atoms with Gasteiger partial charge in [0.25, 0.3) is 0 Å². The van der Waals surface area contributed by atoms with Crippen LogP contribution in [0.5, 0.6) is 0 Å². The zero-order valence-electron chi connectivity index (χ0n) is 12.1. The van der Waals surface area contributed by atoms with Gasteiger partial charge in [-0.25, -0.2) is 0 Å². The molecule has 0 aromatic heterocycles. The lowest BCUT2D eigenvalue weighted by Gasteiger charge is -1.95. The van der Waals surface area contributed by atoms with Crippen LogP contribution in [0.15, 0.2) is 64.2 Å². The molecule has 0 unspecified atom stereocenters. The molecular weight excluding hydrogens is 286 g/mol. The summed E-state index contributed by atoms with van der Waals surface area (Å²) in [7, 11) is 0. The van der Waals surface area contributed by atoms with Gasteiger partial charge in [0.05, 0.1) is 0 Å². The molecule has 5 aromatic rings. The lowest BCUT2D eigenvalue weighted by molar-refractivity contribution is 1.76. The van der Waals surface area contributed by atoms with Gasteiger partial charge in [0.15, 0.2) is 10.9 Å². The molecule has 0 heterocycles. The highest BCUT2D eigenvalue weighted by molar-refractivity contribution is 6.21. The fourth-order valence-electron chi connectivity index (χ4n) is 3.61. The van der Waals surface area contributed by atoms with Crippen molar-refractivity contribution in [1.29, 1.82) is 0 Å². The third kappa shape index (κ3) is 1.44. The standard InChI is InChI=1S/C20H11NO2/c21-10-5-6-12-15-9-17-14(8-18(15)20(23)16(12)7-10)11-3-1-2-4-13(11)19(17)22/h1-9H,21H2. The van der Waals surface area contributed by atoms with Gasteiger partial charge < -0.3 is 5.73 Å². The Kier molecular flexibility index (Phi) is 2.13. The number of hydrogen-bond acceptors (Lipinski definition) is 3. The molecule has 5 aromatic carbocycles. The first-order chi connectivity index (χ1) is 11.1. The van der Waals surface area contributed by atoms with Crippen molar-refractivity contribution in [2.24, 2.45) is 0 Å². The largest absolute Gasteiger partial charge is 0.399 e. The van der Waals surface area contributed by atoms with Crippen LogP contribution >= 0.6 is 0 Å². The van der Waals surface area contributed by atoms with E-state index in [2.05, 4.69) is 0 Å². The van der Waals surface area contributed by atoms with Crippen molar-refractivity contribution in [3.63, 3.8) is 0 Å². The monoisotopic (exact) mass is 297 g/mol. The van der Waals surface area contributed by atoms with E-state index in [1.807, 2.05) is 42.5 Å². The second kappa shape index (κ2) is 3.96. The maximum absolute atomic E-state index is 12.7. The Morgan fingerprint density at radius 3 is 1.74 bits per heavy atom. The average molecular weight is 297 g/mol. The van der Waals surface area contributed by atoms with Crippen molar-refractivity contribution < 1.29 is 0 Å². The van der Waals surface area contributed by atoms with E-state index in [0.29, 0.717) is 27.2 Å². The summed E-state index contributed by atoms with van der Waals surface area (Å²) >= 11 is 0. The highest BCUT2D eigenvalue weighted by Gasteiger charge is 2.15. The highest BCUT2D eigenvalue weighted by Crippen LogP contribution is 2.32. The maximum Gasteiger partial charge on any atom is 0.194 e. The number of rotatable bonds is 0. The molecule has 0 fully saturated rings. The molecule has 3 heteroatoms. The summed E-state index contributed by atoms with van der Waals surface area (Å²) < 4.78 is 0. The van der Waals surface area contributed by atoms with Crippen LogP contribution in [0.3, 0.4) is 0 Å². The third-order valence-corrected chi connectivity index (χ3v) is 4.69. The van der Waals surface area contributed by atoms with E-state index in [9.17, 15) is 9.59 Å². The van der Waals surface area contributed by atoms with Gasteiger partial charge in [-0.2, -0.15) is 0 Å². The SMILES string of the molecule is Nc1ccc2c(c1)c(=O)c1cc3c(cc12)c(=O)c1ccccc13. The van der Waals surface area contributed by atoms with E-state index in [1.165, 1.54) is 0 Å². The van der Waals surface area contributed by atoms with Crippen LogP contribution < -0.4 is 16.6 Å². The van der Waals surface area contributed by atoms with Gasteiger partial charge in [-0.3, -0.25) is 9.59 Å². The van der Waals surface area contributed by atoms with Crippen molar-refractivity contribution >= 4 is 48.8 Å². The molecule has 0 aliphatic rings. The molecular formula is C20H11NO2. The first-order valence-corrected chi connectivity index (χ1v) is 7.42. The first-order valence-electron chi connectivity index (χ1n) is 7.42. The Morgan fingerprint density at radius 2 is 1.04 bits per heavy atom. The molecule has 0 aliphatic heterocycles. The number of benzene rings is 3. The summed E-state index contributed by atoms with van der Waals surface area (Å²) in [5.74, 6) is 0. The number of anilines is 1. The van der Waals surface area contributed by atoms with Crippen molar-refractivity contribution in [3.05, 3.63) is 75.0 Å². The second-order valence-corrected chi connectivity index (χ2v) is 5.95. The van der Waals surface area contributed by atoms with Crippen molar-refractivity contribution in [3.8, 4) is 0 Å². The molecule has 0 atom stereocenters.